The van der Waals surface area contributed by atoms with E-state index in [1.165, 1.54) is 24.1 Å². The third kappa shape index (κ3) is 5.24. The predicted molar refractivity (Wildman–Crippen MR) is 119 cm³/mol. The number of anilines is 1. The van der Waals surface area contributed by atoms with Gasteiger partial charge in [-0.1, -0.05) is 0 Å². The van der Waals surface area contributed by atoms with Crippen LogP contribution in [0.5, 0.6) is 0 Å². The van der Waals surface area contributed by atoms with E-state index in [4.69, 9.17) is 4.74 Å². The third-order valence-electron chi connectivity index (χ3n) is 5.67. The number of nitrogens with zero attached hydrogens (tertiary/aromatic N) is 7. The number of amides is 1. The van der Waals surface area contributed by atoms with E-state index in [1.54, 1.807) is 24.0 Å². The number of carbonyl (C=O) groups is 1. The number of alkyl halides is 3. The summed E-state index contributed by atoms with van der Waals surface area (Å²) in [5.74, 6) is -0.128. The molecule has 0 aromatic carbocycles. The normalized spacial score (nSPS) is 20.7. The summed E-state index contributed by atoms with van der Waals surface area (Å²) >= 11 is 0. The summed E-state index contributed by atoms with van der Waals surface area (Å²) in [7, 11) is 0. The minimum Gasteiger partial charge on any atom is -0.372 e. The molecule has 1 fully saturated rings. The van der Waals surface area contributed by atoms with Crippen molar-refractivity contribution in [1.29, 1.82) is 0 Å². The first kappa shape index (κ1) is 24.5. The summed E-state index contributed by atoms with van der Waals surface area (Å²) in [6, 6.07) is 3.05. The zero-order valence-electron chi connectivity index (χ0n) is 19.6. The number of halogens is 3. The summed E-state index contributed by atoms with van der Waals surface area (Å²) < 4.78 is 44.7. The molecule has 10 nitrogen and oxygen atoms in total. The average Bonchev–Trinajstić information content (AvgIpc) is 3.32. The smallest absolute Gasteiger partial charge is 0.372 e. The van der Waals surface area contributed by atoms with E-state index in [1.807, 2.05) is 13.8 Å². The van der Waals surface area contributed by atoms with Gasteiger partial charge in [0.15, 0.2) is 11.4 Å². The molecular formula is C22H25F3N8O2. The summed E-state index contributed by atoms with van der Waals surface area (Å²) in [6.45, 7) is 7.42. The lowest BCUT2D eigenvalue weighted by Gasteiger charge is -2.43. The Bertz CT molecular complexity index is 1200. The van der Waals surface area contributed by atoms with Crippen LogP contribution in [0, 0.1) is 13.8 Å². The minimum absolute atomic E-state index is 0.0999. The molecule has 1 amide bonds. The number of hydrogen-bond acceptors (Lipinski definition) is 8. The van der Waals surface area contributed by atoms with E-state index < -0.39 is 17.9 Å². The van der Waals surface area contributed by atoms with Crippen LogP contribution in [0.25, 0.3) is 5.69 Å². The Morgan fingerprint density at radius 2 is 1.89 bits per heavy atom. The van der Waals surface area contributed by atoms with Gasteiger partial charge in [-0.05, 0) is 39.8 Å². The molecule has 1 aliphatic heterocycles. The monoisotopic (exact) mass is 490 g/mol. The lowest BCUT2D eigenvalue weighted by atomic mass is 10.0. The Kier molecular flexibility index (Phi) is 6.70. The maximum Gasteiger partial charge on any atom is 0.434 e. The molecule has 1 saturated heterocycles. The van der Waals surface area contributed by atoms with Gasteiger partial charge in [-0.25, -0.2) is 15.0 Å². The third-order valence-corrected chi connectivity index (χ3v) is 5.67. The molecule has 4 heterocycles. The number of morpholine rings is 1. The average molecular weight is 490 g/mol. The van der Waals surface area contributed by atoms with E-state index in [-0.39, 0.29) is 41.9 Å². The molecule has 0 radical (unpaired) electrons. The number of hydrogen-bond donors (Lipinski definition) is 1. The molecule has 0 spiro atoms. The predicted octanol–water partition coefficient (Wildman–Crippen LogP) is 2.82. The molecule has 0 bridgehead atoms. The molecular weight excluding hydrogens is 465 g/mol. The zero-order valence-corrected chi connectivity index (χ0v) is 19.6. The highest BCUT2D eigenvalue weighted by Gasteiger charge is 2.38. The number of aryl methyl sites for hydroxylation is 2. The molecule has 3 unspecified atom stereocenters. The van der Waals surface area contributed by atoms with Crippen LogP contribution in [0.4, 0.5) is 19.0 Å². The van der Waals surface area contributed by atoms with Gasteiger partial charge in [0.2, 0.25) is 0 Å². The van der Waals surface area contributed by atoms with E-state index in [9.17, 15) is 18.0 Å². The molecule has 35 heavy (non-hydrogen) atoms. The summed E-state index contributed by atoms with van der Waals surface area (Å²) in [5, 5.41) is 11.3. The fraction of sp³-hybridized carbons (Fsp3) is 0.455. The Hall–Kier alpha value is -3.61. The van der Waals surface area contributed by atoms with Crippen molar-refractivity contribution in [2.24, 2.45) is 0 Å². The second-order valence-electron chi connectivity index (χ2n) is 8.38. The standard InChI is InChI=1S/C22H25F3N8O2/c1-12-5-6-16(33-28-7-8-29-33)19(30-12)21(34)32-11-13(2)35-15(4)17(32)9-26-20-14(3)31-18(10-27-20)22(23,24)25/h5-8,10,13,15,17H,9,11H2,1-4H3,(H,26,27). The first-order valence-corrected chi connectivity index (χ1v) is 11.0. The fourth-order valence-corrected chi connectivity index (χ4v) is 4.01. The molecule has 3 atom stereocenters. The number of nitrogens with one attached hydrogen (secondary N) is 1. The van der Waals surface area contributed by atoms with E-state index in [0.717, 1.165) is 0 Å². The van der Waals surface area contributed by atoms with Gasteiger partial charge < -0.3 is 15.0 Å². The number of rotatable bonds is 5. The Morgan fingerprint density at radius 3 is 2.54 bits per heavy atom. The van der Waals surface area contributed by atoms with Gasteiger partial charge in [-0.15, -0.1) is 4.80 Å². The van der Waals surface area contributed by atoms with Crippen molar-refractivity contribution in [3.8, 4) is 5.69 Å². The number of pyridine rings is 1. The van der Waals surface area contributed by atoms with Crippen molar-refractivity contribution in [3.63, 3.8) is 0 Å². The Labute approximate surface area is 199 Å². The molecule has 1 N–H and O–H groups in total. The zero-order chi connectivity index (χ0) is 25.3. The highest BCUT2D eigenvalue weighted by molar-refractivity contribution is 5.96. The Morgan fingerprint density at radius 1 is 1.17 bits per heavy atom. The second-order valence-corrected chi connectivity index (χ2v) is 8.38. The quantitative estimate of drug-likeness (QED) is 0.581. The lowest BCUT2D eigenvalue weighted by molar-refractivity contribution is -0.141. The van der Waals surface area contributed by atoms with Crippen LogP contribution >= 0.6 is 0 Å². The van der Waals surface area contributed by atoms with Gasteiger partial charge in [0.05, 0.1) is 42.5 Å². The van der Waals surface area contributed by atoms with E-state index in [0.29, 0.717) is 24.1 Å². The van der Waals surface area contributed by atoms with Crippen LogP contribution < -0.4 is 5.32 Å². The van der Waals surface area contributed by atoms with Crippen LogP contribution in [-0.4, -0.2) is 72.1 Å². The Balaban J connectivity index is 1.61. The highest BCUT2D eigenvalue weighted by atomic mass is 19.4. The van der Waals surface area contributed by atoms with Crippen LogP contribution in [0.15, 0.2) is 30.7 Å². The van der Waals surface area contributed by atoms with Gasteiger partial charge in [0.25, 0.3) is 5.91 Å². The largest absolute Gasteiger partial charge is 0.434 e. The van der Waals surface area contributed by atoms with Crippen LogP contribution in [0.2, 0.25) is 0 Å². The van der Waals surface area contributed by atoms with Gasteiger partial charge in [-0.2, -0.15) is 23.4 Å². The maximum atomic E-state index is 13.8. The van der Waals surface area contributed by atoms with E-state index in [2.05, 4.69) is 30.5 Å². The molecule has 3 aromatic heterocycles. The molecule has 13 heteroatoms. The van der Waals surface area contributed by atoms with Gasteiger partial charge in [0, 0.05) is 18.8 Å². The molecule has 1 aliphatic rings. The van der Waals surface area contributed by atoms with Crippen LogP contribution in [0.1, 0.15) is 41.4 Å². The topological polar surface area (TPSA) is 111 Å². The molecule has 3 aromatic rings. The first-order valence-electron chi connectivity index (χ1n) is 11.0. The van der Waals surface area contributed by atoms with Gasteiger partial charge in [0.1, 0.15) is 11.5 Å². The van der Waals surface area contributed by atoms with E-state index >= 15 is 0 Å². The number of carbonyl (C=O) groups excluding carboxylic acids is 1. The van der Waals surface area contributed by atoms with Crippen molar-refractivity contribution in [2.45, 2.75) is 52.1 Å². The summed E-state index contributed by atoms with van der Waals surface area (Å²) in [4.78, 5) is 28.7. The van der Waals surface area contributed by atoms with Gasteiger partial charge >= 0.3 is 6.18 Å². The molecule has 0 saturated carbocycles. The lowest BCUT2D eigenvalue weighted by Crippen LogP contribution is -2.58. The molecule has 4 rings (SSSR count). The number of ether oxygens (including phenoxy) is 1. The van der Waals surface area contributed by atoms with Crippen molar-refractivity contribution < 1.29 is 22.7 Å². The summed E-state index contributed by atoms with van der Waals surface area (Å²) in [6.07, 6.45) is -1.48. The summed E-state index contributed by atoms with van der Waals surface area (Å²) in [5.41, 5.74) is 0.323. The van der Waals surface area contributed by atoms with Crippen molar-refractivity contribution in [1.82, 2.24) is 34.8 Å². The second kappa shape index (κ2) is 9.56. The molecule has 186 valence electrons. The van der Waals surface area contributed by atoms with Crippen LogP contribution in [0.3, 0.4) is 0 Å². The van der Waals surface area contributed by atoms with Crippen molar-refractivity contribution in [3.05, 3.63) is 53.5 Å². The van der Waals surface area contributed by atoms with Crippen molar-refractivity contribution >= 4 is 11.7 Å². The minimum atomic E-state index is -4.58. The molecule has 0 aliphatic carbocycles. The van der Waals surface area contributed by atoms with Gasteiger partial charge in [-0.3, -0.25) is 4.79 Å². The first-order chi connectivity index (χ1) is 16.5. The van der Waals surface area contributed by atoms with Crippen LogP contribution in [-0.2, 0) is 10.9 Å². The highest BCUT2D eigenvalue weighted by Crippen LogP contribution is 2.28. The number of aromatic nitrogens is 6. The van der Waals surface area contributed by atoms with Crippen molar-refractivity contribution in [2.75, 3.05) is 18.4 Å². The fourth-order valence-electron chi connectivity index (χ4n) is 4.01. The maximum absolute atomic E-state index is 13.8. The SMILES string of the molecule is Cc1ccc(-n2nccn2)c(C(=O)N2CC(C)OC(C)C2CNc2ncc(C(F)(F)F)nc2C)n1.